The summed E-state index contributed by atoms with van der Waals surface area (Å²) in [6, 6.07) is 2.93. The van der Waals surface area contributed by atoms with Gasteiger partial charge in [0.25, 0.3) is 11.8 Å². The van der Waals surface area contributed by atoms with Gasteiger partial charge >= 0.3 is 6.09 Å². The summed E-state index contributed by atoms with van der Waals surface area (Å²) in [6.07, 6.45) is 0.882. The molecular weight excluding hydrogens is 454 g/mol. The highest BCUT2D eigenvalue weighted by molar-refractivity contribution is 6.02. The van der Waals surface area contributed by atoms with E-state index in [0.717, 1.165) is 25.2 Å². The molecule has 34 heavy (non-hydrogen) atoms. The maximum atomic E-state index is 13.0. The zero-order chi connectivity index (χ0) is 23.7. The van der Waals surface area contributed by atoms with Crippen LogP contribution in [0.3, 0.4) is 0 Å². The molecule has 182 valence electrons. The zero-order valence-corrected chi connectivity index (χ0v) is 18.3. The minimum absolute atomic E-state index is 0.0407. The monoisotopic (exact) mass is 478 g/mol. The van der Waals surface area contributed by atoms with Crippen LogP contribution in [0.5, 0.6) is 5.88 Å². The topological polar surface area (TPSA) is 132 Å². The molecule has 0 aromatic carbocycles. The molecule has 3 atom stereocenters. The van der Waals surface area contributed by atoms with Gasteiger partial charge < -0.3 is 24.8 Å². The Morgan fingerprint density at radius 2 is 2.03 bits per heavy atom. The van der Waals surface area contributed by atoms with Crippen molar-refractivity contribution in [1.29, 1.82) is 0 Å². The number of nitrogens with one attached hydrogen (secondary N) is 3. The van der Waals surface area contributed by atoms with Crippen LogP contribution in [0, 0.1) is 5.92 Å². The van der Waals surface area contributed by atoms with E-state index < -0.39 is 24.0 Å². The lowest BCUT2D eigenvalue weighted by atomic mass is 9.50. The molecule has 13 heteroatoms. The Morgan fingerprint density at radius 1 is 1.26 bits per heavy atom. The van der Waals surface area contributed by atoms with E-state index in [4.69, 9.17) is 14.2 Å². The predicted octanol–water partition coefficient (Wildman–Crippen LogP) is 2.29. The minimum atomic E-state index is -2.85. The van der Waals surface area contributed by atoms with E-state index in [1.165, 1.54) is 17.8 Å². The van der Waals surface area contributed by atoms with Gasteiger partial charge in [0.1, 0.15) is 17.9 Å². The number of hydrogen-bond donors (Lipinski definition) is 3. The van der Waals surface area contributed by atoms with E-state index in [9.17, 15) is 18.4 Å². The molecule has 5 fully saturated rings. The fourth-order valence-corrected chi connectivity index (χ4v) is 4.84. The van der Waals surface area contributed by atoms with Crippen LogP contribution in [-0.2, 0) is 16.5 Å². The summed E-state index contributed by atoms with van der Waals surface area (Å²) in [5, 5.41) is 16.5. The highest BCUT2D eigenvalue weighted by atomic mass is 19.3. The molecule has 1 aliphatic heterocycles. The highest BCUT2D eigenvalue weighted by Gasteiger charge is 2.60. The summed E-state index contributed by atoms with van der Waals surface area (Å²) in [7, 11) is 1.51. The van der Waals surface area contributed by atoms with Crippen LogP contribution in [0.25, 0.3) is 0 Å². The number of carbonyl (C=O) groups excluding carboxylic acids is 2. The molecule has 0 spiro atoms. The number of aromatic amines is 1. The summed E-state index contributed by atoms with van der Waals surface area (Å²) in [6.45, 7) is 0.270. The Hall–Kier alpha value is -3.22. The lowest BCUT2D eigenvalue weighted by Gasteiger charge is -2.61. The van der Waals surface area contributed by atoms with Crippen LogP contribution in [0.1, 0.15) is 54.4 Å². The summed E-state index contributed by atoms with van der Waals surface area (Å²) >= 11 is 0. The maximum Gasteiger partial charge on any atom is 0.407 e. The second-order valence-corrected chi connectivity index (χ2v) is 9.69. The summed E-state index contributed by atoms with van der Waals surface area (Å²) in [5.41, 5.74) is 0.718. The largest absolute Gasteiger partial charge is 0.467 e. The van der Waals surface area contributed by atoms with Gasteiger partial charge in [0, 0.05) is 31.1 Å². The van der Waals surface area contributed by atoms with E-state index in [0.29, 0.717) is 12.1 Å². The predicted molar refractivity (Wildman–Crippen MR) is 111 cm³/mol. The van der Waals surface area contributed by atoms with E-state index in [2.05, 4.69) is 25.9 Å². The van der Waals surface area contributed by atoms with Crippen LogP contribution in [0.2, 0.25) is 0 Å². The number of ether oxygens (including phenoxy) is 3. The van der Waals surface area contributed by atoms with Gasteiger partial charge in [-0.1, -0.05) is 0 Å². The van der Waals surface area contributed by atoms with Crippen LogP contribution in [0.4, 0.5) is 19.4 Å². The van der Waals surface area contributed by atoms with Crippen molar-refractivity contribution in [3.8, 4) is 5.88 Å². The van der Waals surface area contributed by atoms with Crippen molar-refractivity contribution in [3.63, 3.8) is 0 Å². The van der Waals surface area contributed by atoms with Gasteiger partial charge in [-0.05, 0) is 25.2 Å². The number of anilines is 1. The zero-order valence-electron chi connectivity index (χ0n) is 18.3. The standard InChI is InChI=1S/C21H24F2N6O5/c1-29-13(4-17(28-29)34-15-8-21(15,22)23)18(30)24-16-3-12(26-27-16)14-2-11(9-32-14)33-19(31)25-20-5-10(6-20)7-20/h3-4,10-11,14-15H,2,5-9H2,1H3,(H,25,31)(H2,24,26,27,30)/t10?,11-,14-,15+,20?/m1/s1. The minimum Gasteiger partial charge on any atom is -0.467 e. The number of aryl methyl sites for hydroxylation is 1. The molecule has 0 unspecified atom stereocenters. The molecule has 5 aliphatic rings. The number of H-pyrrole nitrogens is 1. The second kappa shape index (κ2) is 7.39. The lowest BCUT2D eigenvalue weighted by molar-refractivity contribution is -0.0510. The molecule has 1 saturated heterocycles. The molecule has 3 heterocycles. The molecular formula is C21H24F2N6O5. The Morgan fingerprint density at radius 3 is 2.71 bits per heavy atom. The third-order valence-electron chi connectivity index (χ3n) is 6.95. The molecule has 2 amide bonds. The van der Waals surface area contributed by atoms with Crippen molar-refractivity contribution in [3.05, 3.63) is 23.5 Å². The van der Waals surface area contributed by atoms with E-state index in [1.807, 2.05) is 0 Å². The molecule has 2 aromatic heterocycles. The molecule has 3 N–H and O–H groups in total. The van der Waals surface area contributed by atoms with E-state index in [1.54, 1.807) is 6.07 Å². The Kier molecular flexibility index (Phi) is 4.63. The number of halogens is 2. The van der Waals surface area contributed by atoms with Crippen LogP contribution in [0.15, 0.2) is 12.1 Å². The quantitative estimate of drug-likeness (QED) is 0.556. The van der Waals surface area contributed by atoms with Crippen LogP contribution >= 0.6 is 0 Å². The Bertz CT molecular complexity index is 1130. The van der Waals surface area contributed by atoms with Gasteiger partial charge in [-0.15, -0.1) is 5.10 Å². The van der Waals surface area contributed by atoms with Crippen LogP contribution in [-0.4, -0.2) is 62.3 Å². The fourth-order valence-electron chi connectivity index (χ4n) is 4.84. The van der Waals surface area contributed by atoms with Gasteiger partial charge in [0.05, 0.1) is 18.7 Å². The van der Waals surface area contributed by atoms with Crippen molar-refractivity contribution < 1.29 is 32.6 Å². The maximum absolute atomic E-state index is 13.0. The number of rotatable bonds is 7. The lowest BCUT2D eigenvalue weighted by Crippen LogP contribution is -2.68. The van der Waals surface area contributed by atoms with Gasteiger partial charge in [-0.25, -0.2) is 13.6 Å². The highest BCUT2D eigenvalue weighted by Crippen LogP contribution is 2.57. The first-order valence-corrected chi connectivity index (χ1v) is 11.2. The van der Waals surface area contributed by atoms with Gasteiger partial charge in [0.2, 0.25) is 5.88 Å². The smallest absolute Gasteiger partial charge is 0.407 e. The molecule has 7 rings (SSSR count). The number of alkyl halides is 2. The van der Waals surface area contributed by atoms with Crippen molar-refractivity contribution in [2.24, 2.45) is 13.0 Å². The van der Waals surface area contributed by atoms with Crippen molar-refractivity contribution in [1.82, 2.24) is 25.3 Å². The van der Waals surface area contributed by atoms with Crippen LogP contribution < -0.4 is 15.4 Å². The first-order valence-electron chi connectivity index (χ1n) is 11.2. The fraction of sp³-hybridized carbons (Fsp3) is 0.619. The summed E-state index contributed by atoms with van der Waals surface area (Å²) in [4.78, 5) is 24.8. The van der Waals surface area contributed by atoms with Crippen molar-refractivity contribution >= 4 is 17.8 Å². The number of amides is 2. The van der Waals surface area contributed by atoms with Gasteiger partial charge in [-0.2, -0.15) is 5.10 Å². The number of carbonyl (C=O) groups is 2. The number of nitrogens with zero attached hydrogens (tertiary/aromatic N) is 3. The average molecular weight is 478 g/mol. The normalized spacial score (nSPS) is 32.3. The molecule has 2 aromatic rings. The Balaban J connectivity index is 1.01. The Labute approximate surface area is 192 Å². The molecule has 0 radical (unpaired) electrons. The van der Waals surface area contributed by atoms with E-state index >= 15 is 0 Å². The third kappa shape index (κ3) is 3.87. The number of aromatic nitrogens is 4. The van der Waals surface area contributed by atoms with Crippen molar-refractivity contribution in [2.45, 2.75) is 61.9 Å². The molecule has 2 bridgehead atoms. The number of alkyl carbamates (subject to hydrolysis) is 1. The second-order valence-electron chi connectivity index (χ2n) is 9.69. The molecule has 11 nitrogen and oxygen atoms in total. The van der Waals surface area contributed by atoms with Gasteiger partial charge in [0.15, 0.2) is 11.9 Å². The average Bonchev–Trinajstić information content (AvgIpc) is 3.18. The summed E-state index contributed by atoms with van der Waals surface area (Å²) < 4.78 is 43.7. The third-order valence-corrected chi connectivity index (χ3v) is 6.95. The molecule has 4 saturated carbocycles. The number of hydrogen-bond acceptors (Lipinski definition) is 7. The summed E-state index contributed by atoms with van der Waals surface area (Å²) in [5.74, 6) is -2.39. The van der Waals surface area contributed by atoms with E-state index in [-0.39, 0.29) is 48.2 Å². The molecule has 4 aliphatic carbocycles. The first-order chi connectivity index (χ1) is 16.2. The van der Waals surface area contributed by atoms with Crippen molar-refractivity contribution in [2.75, 3.05) is 11.9 Å². The first kappa shape index (κ1) is 21.3. The SMILES string of the molecule is Cn1nc(O[C@H]2CC2(F)F)cc1C(=O)Nc1cc([C@H]2C[C@@H](OC(=O)NC34CC(C3)C4)CO2)[nH]n1. The van der Waals surface area contributed by atoms with Gasteiger partial charge in [-0.3, -0.25) is 14.6 Å².